The molecule has 1 atom stereocenters. The Balaban J connectivity index is 3.63. The fourth-order valence-electron chi connectivity index (χ4n) is 4.32. The van der Waals surface area contributed by atoms with Gasteiger partial charge >= 0.3 is 7.60 Å². The predicted octanol–water partition coefficient (Wildman–Crippen LogP) is 7.71. The lowest BCUT2D eigenvalue weighted by molar-refractivity contribution is -0.875. The van der Waals surface area contributed by atoms with Crippen LogP contribution in [0.3, 0.4) is 0 Å². The Hall–Kier alpha value is -0.450. The molecular formula is C28H57NO4P+. The number of unbranched alkanes of at least 4 members (excludes halogenated alkanes) is 14. The van der Waals surface area contributed by atoms with Crippen molar-refractivity contribution in [3.63, 3.8) is 0 Å². The van der Waals surface area contributed by atoms with E-state index in [0.717, 1.165) is 32.1 Å². The van der Waals surface area contributed by atoms with Crippen molar-refractivity contribution >= 4 is 7.60 Å². The van der Waals surface area contributed by atoms with Crippen LogP contribution in [0.25, 0.3) is 0 Å². The molecule has 0 radical (unpaired) electrons. The highest BCUT2D eigenvalue weighted by Gasteiger charge is 2.48. The van der Waals surface area contributed by atoms with Crippen LogP contribution in [0.15, 0.2) is 24.3 Å². The van der Waals surface area contributed by atoms with Gasteiger partial charge in [0.15, 0.2) is 0 Å². The summed E-state index contributed by atoms with van der Waals surface area (Å²) in [6.07, 6.45) is 29.8. The molecule has 0 spiro atoms. The second-order valence-corrected chi connectivity index (χ2v) is 13.0. The quantitative estimate of drug-likeness (QED) is 0.0578. The van der Waals surface area contributed by atoms with Crippen molar-refractivity contribution in [1.29, 1.82) is 0 Å². The third-order valence-corrected chi connectivity index (χ3v) is 7.72. The van der Waals surface area contributed by atoms with Gasteiger partial charge in [-0.3, -0.25) is 4.57 Å². The molecule has 0 fully saturated rings. The number of hydrogen-bond acceptors (Lipinski definition) is 2. The van der Waals surface area contributed by atoms with Gasteiger partial charge in [0.05, 0.1) is 21.1 Å². The second kappa shape index (κ2) is 19.7. The highest BCUT2D eigenvalue weighted by Crippen LogP contribution is 2.52. The number of hydrogen-bond donors (Lipinski definition) is 3. The lowest BCUT2D eigenvalue weighted by Gasteiger charge is -2.35. The maximum absolute atomic E-state index is 11.8. The number of quaternary nitrogens is 1. The summed E-state index contributed by atoms with van der Waals surface area (Å²) < 4.78 is 12.1. The van der Waals surface area contributed by atoms with Crippen molar-refractivity contribution in [2.45, 2.75) is 128 Å². The van der Waals surface area contributed by atoms with Crippen LogP contribution in [0, 0.1) is 0 Å². The van der Waals surface area contributed by atoms with E-state index in [1.165, 1.54) is 70.6 Å². The minimum atomic E-state index is -4.56. The summed E-state index contributed by atoms with van der Waals surface area (Å²) >= 11 is 0. The molecule has 202 valence electrons. The van der Waals surface area contributed by atoms with E-state index in [4.69, 9.17) is 0 Å². The number of nitrogens with zero attached hydrogens (tertiary/aromatic N) is 1. The number of aliphatic hydroxyl groups is 1. The van der Waals surface area contributed by atoms with E-state index >= 15 is 0 Å². The third-order valence-electron chi connectivity index (χ3n) is 6.27. The lowest BCUT2D eigenvalue weighted by atomic mass is 10.1. The zero-order valence-corrected chi connectivity index (χ0v) is 23.8. The maximum atomic E-state index is 11.8. The minimum absolute atomic E-state index is 0.0506. The van der Waals surface area contributed by atoms with Gasteiger partial charge in [0.25, 0.3) is 0 Å². The molecule has 0 saturated carbocycles. The van der Waals surface area contributed by atoms with Gasteiger partial charge in [0.1, 0.15) is 6.54 Å². The zero-order chi connectivity index (χ0) is 25.8. The summed E-state index contributed by atoms with van der Waals surface area (Å²) in [5.41, 5.74) is 0. The largest absolute Gasteiger partial charge is 0.373 e. The van der Waals surface area contributed by atoms with Gasteiger partial charge < -0.3 is 19.4 Å². The highest BCUT2D eigenvalue weighted by atomic mass is 31.2. The van der Waals surface area contributed by atoms with Crippen LogP contribution in [0.1, 0.15) is 122 Å². The third kappa shape index (κ3) is 19.8. The first-order valence-corrected chi connectivity index (χ1v) is 15.5. The Morgan fingerprint density at radius 2 is 1.00 bits per heavy atom. The highest BCUT2D eigenvalue weighted by molar-refractivity contribution is 7.53. The first-order valence-electron chi connectivity index (χ1n) is 13.9. The van der Waals surface area contributed by atoms with Crippen LogP contribution in [0.4, 0.5) is 0 Å². The smallest absolute Gasteiger partial charge is 0.362 e. The Kier molecular flexibility index (Phi) is 19.4. The van der Waals surface area contributed by atoms with E-state index in [1.807, 2.05) is 21.1 Å². The molecule has 1 unspecified atom stereocenters. The van der Waals surface area contributed by atoms with Gasteiger partial charge in [0.2, 0.25) is 5.34 Å². The van der Waals surface area contributed by atoms with Crippen LogP contribution in [0.5, 0.6) is 0 Å². The number of allylic oxidation sites excluding steroid dienone is 4. The number of likely N-dealkylation sites (N-methyl/N-ethyl adjacent to an activating group) is 1. The Morgan fingerprint density at radius 3 is 1.38 bits per heavy atom. The molecule has 0 saturated heterocycles. The zero-order valence-electron chi connectivity index (χ0n) is 22.9. The summed E-state index contributed by atoms with van der Waals surface area (Å²) in [6, 6.07) is 0. The Bertz CT molecular complexity index is 579. The molecule has 0 aliphatic carbocycles. The fourth-order valence-corrected chi connectivity index (χ4v) is 5.37. The van der Waals surface area contributed by atoms with E-state index in [-0.39, 0.29) is 13.0 Å². The first kappa shape index (κ1) is 33.5. The van der Waals surface area contributed by atoms with Crippen LogP contribution in [-0.2, 0) is 4.57 Å². The molecule has 0 heterocycles. The summed E-state index contributed by atoms with van der Waals surface area (Å²) in [6.45, 7) is 2.32. The minimum Gasteiger partial charge on any atom is -0.373 e. The van der Waals surface area contributed by atoms with Crippen molar-refractivity contribution in [3.05, 3.63) is 24.3 Å². The predicted molar refractivity (Wildman–Crippen MR) is 147 cm³/mol. The van der Waals surface area contributed by atoms with E-state index in [1.54, 1.807) is 0 Å². The molecule has 0 bridgehead atoms. The standard InChI is InChI=1S/C28H56NO4P/c1-5-6-7-8-9-10-11-12-13-14-15-16-17-18-19-20-21-22-23-24-25-26-28(30,34(31,32)33)27-29(2,3)4/h13-14,19-20,30H,5-12,15-18,21-27H2,1-4H3,(H-,31,32,33)/p+1/b14-13-,20-19-. The second-order valence-electron chi connectivity index (χ2n) is 11.1. The summed E-state index contributed by atoms with van der Waals surface area (Å²) in [5.74, 6) is 0. The summed E-state index contributed by atoms with van der Waals surface area (Å²) in [5, 5.41) is 8.63. The summed E-state index contributed by atoms with van der Waals surface area (Å²) in [4.78, 5) is 19.2. The van der Waals surface area contributed by atoms with E-state index in [2.05, 4.69) is 31.2 Å². The lowest BCUT2D eigenvalue weighted by Crippen LogP contribution is -2.49. The van der Waals surface area contributed by atoms with Gasteiger partial charge in [-0.2, -0.15) is 0 Å². The van der Waals surface area contributed by atoms with Crippen molar-refractivity contribution in [1.82, 2.24) is 0 Å². The van der Waals surface area contributed by atoms with E-state index in [9.17, 15) is 19.5 Å². The van der Waals surface area contributed by atoms with Gasteiger partial charge in [-0.15, -0.1) is 0 Å². The van der Waals surface area contributed by atoms with Crippen molar-refractivity contribution in [2.75, 3.05) is 27.7 Å². The molecule has 0 aliphatic heterocycles. The van der Waals surface area contributed by atoms with Crippen LogP contribution >= 0.6 is 7.60 Å². The average molecular weight is 503 g/mol. The molecule has 3 N–H and O–H groups in total. The SMILES string of the molecule is CCCCCCCCC/C=C\CCCC/C=C\CCCCCCC(O)(C[N+](C)(C)C)P(=O)(O)O. The fraction of sp³-hybridized carbons (Fsp3) is 0.857. The maximum Gasteiger partial charge on any atom is 0.362 e. The van der Waals surface area contributed by atoms with E-state index in [0.29, 0.717) is 10.9 Å². The molecular weight excluding hydrogens is 445 g/mol. The Morgan fingerprint density at radius 1 is 0.647 bits per heavy atom. The molecule has 0 aromatic carbocycles. The first-order chi connectivity index (χ1) is 16.0. The Labute approximate surface area is 211 Å². The van der Waals surface area contributed by atoms with Crippen molar-refractivity contribution < 1.29 is 23.9 Å². The van der Waals surface area contributed by atoms with Gasteiger partial charge in [-0.1, -0.05) is 82.6 Å². The molecule has 0 aromatic rings. The number of rotatable bonds is 23. The molecule has 5 nitrogen and oxygen atoms in total. The van der Waals surface area contributed by atoms with Crippen molar-refractivity contribution in [2.24, 2.45) is 0 Å². The molecule has 0 rings (SSSR count). The molecule has 0 aromatic heterocycles. The van der Waals surface area contributed by atoms with E-state index < -0.39 is 12.9 Å². The van der Waals surface area contributed by atoms with Crippen LogP contribution < -0.4 is 0 Å². The van der Waals surface area contributed by atoms with Gasteiger partial charge in [-0.25, -0.2) is 0 Å². The monoisotopic (exact) mass is 502 g/mol. The van der Waals surface area contributed by atoms with Gasteiger partial charge in [-0.05, 0) is 64.2 Å². The normalized spacial score (nSPS) is 14.9. The molecule has 0 amide bonds. The molecule has 34 heavy (non-hydrogen) atoms. The van der Waals surface area contributed by atoms with Crippen LogP contribution in [-0.4, -0.2) is 52.4 Å². The van der Waals surface area contributed by atoms with Crippen LogP contribution in [0.2, 0.25) is 0 Å². The summed E-state index contributed by atoms with van der Waals surface area (Å²) in [7, 11) is 0.949. The molecule has 6 heteroatoms. The average Bonchev–Trinajstić information content (AvgIpc) is 2.73. The topological polar surface area (TPSA) is 77.8 Å². The van der Waals surface area contributed by atoms with Crippen molar-refractivity contribution in [3.8, 4) is 0 Å². The van der Waals surface area contributed by atoms with Gasteiger partial charge in [0, 0.05) is 0 Å². The molecule has 0 aliphatic rings.